The fourth-order valence-electron chi connectivity index (χ4n) is 2.09. The predicted octanol–water partition coefficient (Wildman–Crippen LogP) is 3.32. The first-order chi connectivity index (χ1) is 7.92. The van der Waals surface area contributed by atoms with Crippen LogP contribution in [0.2, 0.25) is 0 Å². The van der Waals surface area contributed by atoms with E-state index < -0.39 is 0 Å². The second-order valence-corrected chi connectivity index (χ2v) is 5.21. The number of aromatic nitrogens is 1. The summed E-state index contributed by atoms with van der Waals surface area (Å²) in [4.78, 5) is 5.51. The molecule has 0 unspecified atom stereocenters. The average Bonchev–Trinajstić information content (AvgIpc) is 2.77. The molecule has 1 nitrogen and oxygen atoms in total. The molecule has 1 aromatic heterocycles. The zero-order valence-corrected chi connectivity index (χ0v) is 9.83. The van der Waals surface area contributed by atoms with E-state index in [0.717, 1.165) is 6.42 Å². The highest BCUT2D eigenvalue weighted by molar-refractivity contribution is 7.99. The van der Waals surface area contributed by atoms with Gasteiger partial charge in [-0.15, -0.1) is 11.8 Å². The van der Waals surface area contributed by atoms with Crippen molar-refractivity contribution in [1.29, 1.82) is 0 Å². The van der Waals surface area contributed by atoms with Crippen LogP contribution < -0.4 is 0 Å². The van der Waals surface area contributed by atoms with Gasteiger partial charge in [-0.3, -0.25) is 4.98 Å². The SMILES string of the molecule is c1cc(Cc2ccc3c(c2)CCS3)ccn1. The maximum Gasteiger partial charge on any atom is 0.0270 e. The van der Waals surface area contributed by atoms with Gasteiger partial charge in [-0.1, -0.05) is 12.1 Å². The quantitative estimate of drug-likeness (QED) is 0.780. The molecule has 1 aliphatic heterocycles. The first-order valence-electron chi connectivity index (χ1n) is 5.55. The number of nitrogens with zero attached hydrogens (tertiary/aromatic N) is 1. The Labute approximate surface area is 99.9 Å². The van der Waals surface area contributed by atoms with Gasteiger partial charge < -0.3 is 0 Å². The van der Waals surface area contributed by atoms with Crippen molar-refractivity contribution in [1.82, 2.24) is 4.98 Å². The third-order valence-corrected chi connectivity index (χ3v) is 4.03. The van der Waals surface area contributed by atoms with E-state index in [1.54, 1.807) is 0 Å². The average molecular weight is 227 g/mol. The Morgan fingerprint density at radius 3 is 2.81 bits per heavy atom. The highest BCUT2D eigenvalue weighted by atomic mass is 32.2. The van der Waals surface area contributed by atoms with Gasteiger partial charge in [0.1, 0.15) is 0 Å². The highest BCUT2D eigenvalue weighted by Gasteiger charge is 2.11. The molecule has 2 aromatic rings. The largest absolute Gasteiger partial charge is 0.265 e. The zero-order valence-electron chi connectivity index (χ0n) is 9.02. The van der Waals surface area contributed by atoms with Crippen molar-refractivity contribution in [2.75, 3.05) is 5.75 Å². The lowest BCUT2D eigenvalue weighted by molar-refractivity contribution is 1.10. The number of fused-ring (bicyclic) bond motifs is 1. The number of thioether (sulfide) groups is 1. The topological polar surface area (TPSA) is 12.9 Å². The normalized spacial score (nSPS) is 13.8. The van der Waals surface area contributed by atoms with Crippen LogP contribution in [0.3, 0.4) is 0 Å². The van der Waals surface area contributed by atoms with Crippen molar-refractivity contribution >= 4 is 11.8 Å². The van der Waals surface area contributed by atoms with Crippen LogP contribution in [0.4, 0.5) is 0 Å². The highest BCUT2D eigenvalue weighted by Crippen LogP contribution is 2.31. The molecule has 0 aliphatic carbocycles. The summed E-state index contributed by atoms with van der Waals surface area (Å²) in [6.07, 6.45) is 5.96. The van der Waals surface area contributed by atoms with Crippen LogP contribution in [-0.2, 0) is 12.8 Å². The van der Waals surface area contributed by atoms with Crippen LogP contribution in [0.15, 0.2) is 47.6 Å². The van der Waals surface area contributed by atoms with E-state index in [2.05, 4.69) is 35.3 Å². The third-order valence-electron chi connectivity index (χ3n) is 2.91. The Hall–Kier alpha value is -1.28. The minimum Gasteiger partial charge on any atom is -0.265 e. The molecule has 0 atom stereocenters. The number of hydrogen-bond acceptors (Lipinski definition) is 2. The molecule has 1 aliphatic rings. The molecule has 0 fully saturated rings. The summed E-state index contributed by atoms with van der Waals surface area (Å²) in [6.45, 7) is 0. The molecule has 80 valence electrons. The van der Waals surface area contributed by atoms with Gasteiger partial charge in [0.05, 0.1) is 0 Å². The van der Waals surface area contributed by atoms with E-state index in [9.17, 15) is 0 Å². The van der Waals surface area contributed by atoms with E-state index in [1.807, 2.05) is 24.2 Å². The molecule has 0 radical (unpaired) electrons. The van der Waals surface area contributed by atoms with Crippen molar-refractivity contribution in [2.24, 2.45) is 0 Å². The Bertz CT molecular complexity index is 493. The lowest BCUT2D eigenvalue weighted by Gasteiger charge is -2.04. The number of hydrogen-bond donors (Lipinski definition) is 0. The number of rotatable bonds is 2. The van der Waals surface area contributed by atoms with E-state index in [1.165, 1.54) is 33.8 Å². The summed E-state index contributed by atoms with van der Waals surface area (Å²) in [5.74, 6) is 1.24. The van der Waals surface area contributed by atoms with Gasteiger partial charge in [0.25, 0.3) is 0 Å². The summed E-state index contributed by atoms with van der Waals surface area (Å²) in [5, 5.41) is 0. The molecule has 0 amide bonds. The van der Waals surface area contributed by atoms with Crippen molar-refractivity contribution in [3.05, 3.63) is 59.4 Å². The first-order valence-corrected chi connectivity index (χ1v) is 6.54. The maximum absolute atomic E-state index is 4.04. The van der Waals surface area contributed by atoms with Crippen LogP contribution in [0.5, 0.6) is 0 Å². The number of benzene rings is 1. The lowest BCUT2D eigenvalue weighted by Crippen LogP contribution is -1.90. The second-order valence-electron chi connectivity index (χ2n) is 4.07. The van der Waals surface area contributed by atoms with E-state index >= 15 is 0 Å². The summed E-state index contributed by atoms with van der Waals surface area (Å²) in [7, 11) is 0. The fourth-order valence-corrected chi connectivity index (χ4v) is 3.14. The number of aryl methyl sites for hydroxylation is 1. The van der Waals surface area contributed by atoms with Crippen molar-refractivity contribution in [3.8, 4) is 0 Å². The number of pyridine rings is 1. The summed E-state index contributed by atoms with van der Waals surface area (Å²) in [6, 6.07) is 11.0. The standard InChI is InChI=1S/C14H13NS/c1-2-14-13(5-8-16-14)10-12(1)9-11-3-6-15-7-4-11/h1-4,6-7,10H,5,8-9H2. The minimum absolute atomic E-state index is 1.01. The molecule has 0 saturated carbocycles. The molecular weight excluding hydrogens is 214 g/mol. The summed E-state index contributed by atoms with van der Waals surface area (Å²) >= 11 is 1.97. The van der Waals surface area contributed by atoms with E-state index in [4.69, 9.17) is 0 Å². The zero-order chi connectivity index (χ0) is 10.8. The molecule has 2 heteroatoms. The van der Waals surface area contributed by atoms with Crippen molar-refractivity contribution in [2.45, 2.75) is 17.7 Å². The Morgan fingerprint density at radius 1 is 1.06 bits per heavy atom. The molecule has 0 N–H and O–H groups in total. The van der Waals surface area contributed by atoms with Gasteiger partial charge in [-0.2, -0.15) is 0 Å². The Balaban J connectivity index is 1.86. The van der Waals surface area contributed by atoms with Crippen LogP contribution in [0, 0.1) is 0 Å². The van der Waals surface area contributed by atoms with Gasteiger partial charge in [0.2, 0.25) is 0 Å². The van der Waals surface area contributed by atoms with Crippen LogP contribution in [0.1, 0.15) is 16.7 Å². The molecule has 1 aromatic carbocycles. The van der Waals surface area contributed by atoms with E-state index in [0.29, 0.717) is 0 Å². The van der Waals surface area contributed by atoms with Gasteiger partial charge in [-0.05, 0) is 47.7 Å². The van der Waals surface area contributed by atoms with E-state index in [-0.39, 0.29) is 0 Å². The Kier molecular flexibility index (Phi) is 2.66. The summed E-state index contributed by atoms with van der Waals surface area (Å²) < 4.78 is 0. The smallest absolute Gasteiger partial charge is 0.0270 e. The molecule has 16 heavy (non-hydrogen) atoms. The maximum atomic E-state index is 4.04. The van der Waals surface area contributed by atoms with Gasteiger partial charge >= 0.3 is 0 Å². The molecular formula is C14H13NS. The minimum atomic E-state index is 1.01. The fraction of sp³-hybridized carbons (Fsp3) is 0.214. The van der Waals surface area contributed by atoms with Gasteiger partial charge in [-0.25, -0.2) is 0 Å². The summed E-state index contributed by atoms with van der Waals surface area (Å²) in [5.41, 5.74) is 4.27. The lowest BCUT2D eigenvalue weighted by atomic mass is 10.0. The van der Waals surface area contributed by atoms with Crippen LogP contribution in [0.25, 0.3) is 0 Å². The molecule has 0 saturated heterocycles. The van der Waals surface area contributed by atoms with Crippen LogP contribution in [-0.4, -0.2) is 10.7 Å². The first kappa shape index (κ1) is 9.91. The molecule has 0 spiro atoms. The third kappa shape index (κ3) is 1.98. The second kappa shape index (κ2) is 4.30. The molecule has 0 bridgehead atoms. The van der Waals surface area contributed by atoms with Gasteiger partial charge in [0, 0.05) is 23.0 Å². The molecule has 2 heterocycles. The van der Waals surface area contributed by atoms with Gasteiger partial charge in [0.15, 0.2) is 0 Å². The molecule has 3 rings (SSSR count). The van der Waals surface area contributed by atoms with Crippen molar-refractivity contribution in [3.63, 3.8) is 0 Å². The van der Waals surface area contributed by atoms with Crippen molar-refractivity contribution < 1.29 is 0 Å². The monoisotopic (exact) mass is 227 g/mol. The predicted molar refractivity (Wildman–Crippen MR) is 67.9 cm³/mol. The Morgan fingerprint density at radius 2 is 1.94 bits per heavy atom. The van der Waals surface area contributed by atoms with Crippen LogP contribution >= 0.6 is 11.8 Å².